The number of fused-ring (bicyclic) bond motifs is 1. The van der Waals surface area contributed by atoms with Gasteiger partial charge in [0.1, 0.15) is 21.6 Å². The van der Waals surface area contributed by atoms with E-state index in [-0.39, 0.29) is 5.91 Å². The molecule has 8 nitrogen and oxygen atoms in total. The molecule has 0 aliphatic carbocycles. The van der Waals surface area contributed by atoms with Crippen LogP contribution in [0.15, 0.2) is 61.6 Å². The predicted octanol–water partition coefficient (Wildman–Crippen LogP) is 4.02. The fourth-order valence-corrected chi connectivity index (χ4v) is 3.91. The van der Waals surface area contributed by atoms with Crippen LogP contribution in [0.4, 0.5) is 5.82 Å². The van der Waals surface area contributed by atoms with Gasteiger partial charge in [0.15, 0.2) is 5.75 Å². The zero-order valence-corrected chi connectivity index (χ0v) is 19.8. The number of halogens is 1. The number of piperazine rings is 1. The van der Waals surface area contributed by atoms with E-state index >= 15 is 0 Å². The largest absolute Gasteiger partial charge is 0.454 e. The van der Waals surface area contributed by atoms with E-state index in [1.807, 2.05) is 43.3 Å². The van der Waals surface area contributed by atoms with Crippen molar-refractivity contribution in [2.75, 3.05) is 31.1 Å². The number of nitrogens with zero attached hydrogens (tertiary/aromatic N) is 5. The number of carbonyl (C=O) groups excluding carboxylic acids is 1. The summed E-state index contributed by atoms with van der Waals surface area (Å²) < 4.78 is 6.94. The molecule has 1 N–H and O–H groups in total. The van der Waals surface area contributed by atoms with E-state index in [1.165, 1.54) is 12.4 Å². The lowest BCUT2D eigenvalue weighted by Crippen LogP contribution is -2.48. The van der Waals surface area contributed by atoms with Crippen LogP contribution < -0.4 is 9.64 Å². The highest BCUT2D eigenvalue weighted by Gasteiger charge is 2.19. The maximum atomic E-state index is 11.8. The third-order valence-electron chi connectivity index (χ3n) is 5.24. The normalized spacial score (nSPS) is 13.6. The van der Waals surface area contributed by atoms with Crippen molar-refractivity contribution in [1.82, 2.24) is 25.1 Å². The first-order chi connectivity index (χ1) is 15.6. The average Bonchev–Trinajstić information content (AvgIpc) is 3.29. The molecule has 1 saturated heterocycles. The topological polar surface area (TPSA) is 87.2 Å². The van der Waals surface area contributed by atoms with Crippen LogP contribution in [0.5, 0.6) is 11.5 Å². The van der Waals surface area contributed by atoms with E-state index in [2.05, 4.69) is 54.2 Å². The predicted molar refractivity (Wildman–Crippen MR) is 132 cm³/mol. The first-order valence-electron chi connectivity index (χ1n) is 10.2. The molecule has 1 amide bonds. The molecule has 2 aromatic heterocycles. The summed E-state index contributed by atoms with van der Waals surface area (Å²) in [6.45, 7) is 8.24. The quantitative estimate of drug-likeness (QED) is 0.396. The fourth-order valence-electron chi connectivity index (χ4n) is 3.49. The molecule has 1 aliphatic heterocycles. The fraction of sp³-hybridized carbons (Fsp3) is 0.217. The number of aromatic nitrogens is 4. The zero-order chi connectivity index (χ0) is 22.5. The van der Waals surface area contributed by atoms with E-state index in [0.717, 1.165) is 28.0 Å². The summed E-state index contributed by atoms with van der Waals surface area (Å²) in [7, 11) is 0. The highest BCUT2D eigenvalue weighted by Crippen LogP contribution is 2.33. The van der Waals surface area contributed by atoms with Gasteiger partial charge in [-0.05, 0) is 59.4 Å². The Morgan fingerprint density at radius 1 is 1.16 bits per heavy atom. The van der Waals surface area contributed by atoms with Crippen molar-refractivity contribution in [2.45, 2.75) is 6.92 Å². The average molecular weight is 542 g/mol. The molecule has 32 heavy (non-hydrogen) atoms. The van der Waals surface area contributed by atoms with Gasteiger partial charge in [-0.3, -0.25) is 9.89 Å². The van der Waals surface area contributed by atoms with Crippen LogP contribution in [-0.2, 0) is 4.79 Å². The minimum atomic E-state index is -0.0360. The molecule has 1 fully saturated rings. The zero-order valence-electron chi connectivity index (χ0n) is 17.7. The van der Waals surface area contributed by atoms with Crippen molar-refractivity contribution in [3.8, 4) is 11.5 Å². The van der Waals surface area contributed by atoms with E-state index in [0.29, 0.717) is 35.6 Å². The molecule has 1 aliphatic rings. The molecular weight excluding hydrogens is 519 g/mol. The number of ether oxygens (including phenoxy) is 1. The second-order valence-electron chi connectivity index (χ2n) is 7.27. The van der Waals surface area contributed by atoms with Crippen molar-refractivity contribution in [2.24, 2.45) is 0 Å². The Kier molecular flexibility index (Phi) is 6.84. The number of anilines is 1. The standard InChI is InChI=1S/C23H23IN6O2/c1-3-21(31)30-12-10-29(11-13-30)20-7-5-4-6-19(23(24)26-15-25-20)32-22-16(2)8-9-18-17(22)14-27-28-18/h3-9,14-15H,1,10-13H2,2H3,(H,27,28). The molecule has 0 spiro atoms. The lowest BCUT2D eigenvalue weighted by molar-refractivity contribution is -0.126. The summed E-state index contributed by atoms with van der Waals surface area (Å²) in [5, 5.41) is 8.00. The maximum Gasteiger partial charge on any atom is 0.246 e. The third-order valence-corrected chi connectivity index (χ3v) is 6.05. The van der Waals surface area contributed by atoms with Crippen molar-refractivity contribution in [3.63, 3.8) is 0 Å². The van der Waals surface area contributed by atoms with Gasteiger partial charge < -0.3 is 14.5 Å². The van der Waals surface area contributed by atoms with E-state index in [4.69, 9.17) is 4.74 Å². The first kappa shape index (κ1) is 22.0. The van der Waals surface area contributed by atoms with Gasteiger partial charge in [0, 0.05) is 26.2 Å². The Balaban J connectivity index is 1.58. The number of hydrogen-bond acceptors (Lipinski definition) is 6. The Labute approximate surface area is 199 Å². The molecule has 0 radical (unpaired) electrons. The minimum absolute atomic E-state index is 0.0360. The highest BCUT2D eigenvalue weighted by atomic mass is 127. The van der Waals surface area contributed by atoms with E-state index in [9.17, 15) is 4.79 Å². The van der Waals surface area contributed by atoms with Crippen molar-refractivity contribution in [1.29, 1.82) is 0 Å². The molecule has 0 unspecified atom stereocenters. The van der Waals surface area contributed by atoms with Gasteiger partial charge in [0.25, 0.3) is 0 Å². The number of aryl methyl sites for hydroxylation is 1. The van der Waals surface area contributed by atoms with Crippen LogP contribution in [0.1, 0.15) is 5.56 Å². The smallest absolute Gasteiger partial charge is 0.246 e. The molecule has 4 rings (SSSR count). The van der Waals surface area contributed by atoms with E-state index < -0.39 is 0 Å². The summed E-state index contributed by atoms with van der Waals surface area (Å²) >= 11 is 2.15. The van der Waals surface area contributed by atoms with Crippen LogP contribution in [0.25, 0.3) is 10.9 Å². The molecule has 0 atom stereocenters. The molecule has 9 heteroatoms. The lowest BCUT2D eigenvalue weighted by atomic mass is 10.1. The van der Waals surface area contributed by atoms with Crippen LogP contribution in [0, 0.1) is 10.6 Å². The number of benzene rings is 1. The van der Waals surface area contributed by atoms with E-state index in [1.54, 1.807) is 11.1 Å². The Bertz CT molecular complexity index is 1200. The monoisotopic (exact) mass is 542 g/mol. The number of amides is 1. The van der Waals surface area contributed by atoms with Crippen LogP contribution >= 0.6 is 22.6 Å². The highest BCUT2D eigenvalue weighted by molar-refractivity contribution is 14.1. The van der Waals surface area contributed by atoms with Crippen molar-refractivity contribution < 1.29 is 9.53 Å². The number of aromatic amines is 1. The molecule has 3 heterocycles. The Morgan fingerprint density at radius 2 is 1.94 bits per heavy atom. The molecule has 164 valence electrons. The van der Waals surface area contributed by atoms with Crippen molar-refractivity contribution in [3.05, 3.63) is 70.8 Å². The van der Waals surface area contributed by atoms with Gasteiger partial charge in [-0.15, -0.1) is 0 Å². The van der Waals surface area contributed by atoms with Gasteiger partial charge in [0.05, 0.1) is 17.1 Å². The number of carbonyl (C=O) groups is 1. The van der Waals surface area contributed by atoms with Crippen LogP contribution in [0.2, 0.25) is 0 Å². The summed E-state index contributed by atoms with van der Waals surface area (Å²) in [5.74, 6) is 2.14. The number of hydrogen-bond donors (Lipinski definition) is 1. The van der Waals surface area contributed by atoms with Gasteiger partial charge in [-0.2, -0.15) is 5.10 Å². The number of rotatable bonds is 4. The SMILES string of the molecule is C=CC(=O)N1CCN(c2ccccc(Oc3c(C)ccc4[nH]ncc34)c(I)ncn2)CC1. The molecule has 1 aromatic carbocycles. The van der Waals surface area contributed by atoms with Gasteiger partial charge in [-0.1, -0.05) is 24.8 Å². The number of nitrogens with one attached hydrogen (secondary N) is 1. The summed E-state index contributed by atoms with van der Waals surface area (Å²) in [5.41, 5.74) is 1.92. The third kappa shape index (κ3) is 4.82. The van der Waals surface area contributed by atoms with Gasteiger partial charge >= 0.3 is 0 Å². The molecule has 0 bridgehead atoms. The summed E-state index contributed by atoms with van der Waals surface area (Å²) in [4.78, 5) is 24.8. The molecule has 0 saturated carbocycles. The second kappa shape index (κ2) is 9.94. The molecule has 3 aromatic rings. The summed E-state index contributed by atoms with van der Waals surface area (Å²) in [6.07, 6.45) is 4.66. The first-order valence-corrected chi connectivity index (χ1v) is 11.3. The Morgan fingerprint density at radius 3 is 2.72 bits per heavy atom. The molecular formula is C23H23IN6O2. The van der Waals surface area contributed by atoms with Crippen molar-refractivity contribution >= 4 is 45.2 Å². The summed E-state index contributed by atoms with van der Waals surface area (Å²) in [6, 6.07) is 11.6. The van der Waals surface area contributed by atoms with Crippen LogP contribution in [-0.4, -0.2) is 57.2 Å². The number of H-pyrrole nitrogens is 1. The van der Waals surface area contributed by atoms with Gasteiger partial charge in [0.2, 0.25) is 5.91 Å². The van der Waals surface area contributed by atoms with Gasteiger partial charge in [-0.25, -0.2) is 9.97 Å². The maximum absolute atomic E-state index is 11.8. The lowest BCUT2D eigenvalue weighted by Gasteiger charge is -2.34. The Hall–Kier alpha value is -3.21. The minimum Gasteiger partial charge on any atom is -0.454 e. The van der Waals surface area contributed by atoms with Crippen LogP contribution in [0.3, 0.4) is 0 Å². The second-order valence-corrected chi connectivity index (χ2v) is 8.29.